The molecule has 0 atom stereocenters. The Hall–Kier alpha value is -3.46. The highest BCUT2D eigenvalue weighted by atomic mass is 35.5. The van der Waals surface area contributed by atoms with Gasteiger partial charge in [0.1, 0.15) is 11.5 Å². The second-order valence-corrected chi connectivity index (χ2v) is 7.22. The minimum Gasteiger partial charge on any atom is -0.332 e. The molecular formula is C20H18ClFN6O2. The van der Waals surface area contributed by atoms with Crippen molar-refractivity contribution < 1.29 is 14.0 Å². The first-order chi connectivity index (χ1) is 14.5. The van der Waals surface area contributed by atoms with Crippen LogP contribution in [0.25, 0.3) is 0 Å². The van der Waals surface area contributed by atoms with E-state index in [0.717, 1.165) is 0 Å². The molecular weight excluding hydrogens is 411 g/mol. The summed E-state index contributed by atoms with van der Waals surface area (Å²) >= 11 is 5.83. The normalized spacial score (nSPS) is 13.1. The average Bonchev–Trinajstić information content (AvgIpc) is 3.14. The van der Waals surface area contributed by atoms with Crippen molar-refractivity contribution in [2.24, 2.45) is 0 Å². The Morgan fingerprint density at radius 1 is 1.17 bits per heavy atom. The number of urea groups is 1. The smallest absolute Gasteiger partial charge is 0.319 e. The first-order valence-corrected chi connectivity index (χ1v) is 9.64. The standard InChI is InChI=1S/C20H18ClFN6O2/c21-14-4-6-16(7-5-14)24-20(30)23-11-17-18-19(29)27(8-9-28(18)26-25-17)12-13-2-1-3-15(22)10-13/h1-7,10H,8-9,11-12H2,(H2,23,24,30). The highest BCUT2D eigenvalue weighted by molar-refractivity contribution is 6.30. The van der Waals surface area contributed by atoms with E-state index in [2.05, 4.69) is 20.9 Å². The minimum absolute atomic E-state index is 0.0360. The summed E-state index contributed by atoms with van der Waals surface area (Å²) in [7, 11) is 0. The maximum atomic E-state index is 13.4. The van der Waals surface area contributed by atoms with Crippen LogP contribution in [0.2, 0.25) is 5.02 Å². The minimum atomic E-state index is -0.445. The lowest BCUT2D eigenvalue weighted by Gasteiger charge is -2.27. The van der Waals surface area contributed by atoms with Gasteiger partial charge >= 0.3 is 6.03 Å². The van der Waals surface area contributed by atoms with E-state index < -0.39 is 6.03 Å². The number of hydrogen-bond donors (Lipinski definition) is 2. The van der Waals surface area contributed by atoms with Crippen LogP contribution in [-0.2, 0) is 19.6 Å². The van der Waals surface area contributed by atoms with Crippen LogP contribution >= 0.6 is 11.6 Å². The number of carbonyl (C=O) groups is 2. The molecule has 0 bridgehead atoms. The zero-order valence-electron chi connectivity index (χ0n) is 15.8. The summed E-state index contributed by atoms with van der Waals surface area (Å²) < 4.78 is 15.0. The molecule has 8 nitrogen and oxygen atoms in total. The number of rotatable bonds is 5. The van der Waals surface area contributed by atoms with Gasteiger partial charge in [0.25, 0.3) is 5.91 Å². The van der Waals surface area contributed by atoms with Crippen molar-refractivity contribution in [1.82, 2.24) is 25.2 Å². The summed E-state index contributed by atoms with van der Waals surface area (Å²) in [6, 6.07) is 12.4. The van der Waals surface area contributed by atoms with Crippen molar-refractivity contribution in [3.63, 3.8) is 0 Å². The molecule has 0 radical (unpaired) electrons. The van der Waals surface area contributed by atoms with E-state index in [9.17, 15) is 14.0 Å². The van der Waals surface area contributed by atoms with E-state index in [1.54, 1.807) is 41.3 Å². The third-order valence-corrected chi connectivity index (χ3v) is 4.91. The van der Waals surface area contributed by atoms with Gasteiger partial charge in [0.2, 0.25) is 0 Å². The molecule has 2 aromatic carbocycles. The molecule has 3 amide bonds. The summed E-state index contributed by atoms with van der Waals surface area (Å²) in [5, 5.41) is 14.0. The zero-order chi connectivity index (χ0) is 21.1. The van der Waals surface area contributed by atoms with Crippen LogP contribution in [0.5, 0.6) is 0 Å². The third-order valence-electron chi connectivity index (χ3n) is 4.66. The summed E-state index contributed by atoms with van der Waals surface area (Å²) in [4.78, 5) is 26.7. The van der Waals surface area contributed by atoms with Crippen LogP contribution in [0.4, 0.5) is 14.9 Å². The molecule has 4 rings (SSSR count). The van der Waals surface area contributed by atoms with E-state index in [4.69, 9.17) is 11.6 Å². The second kappa shape index (κ2) is 8.50. The number of nitrogens with one attached hydrogen (secondary N) is 2. The van der Waals surface area contributed by atoms with E-state index >= 15 is 0 Å². The van der Waals surface area contributed by atoms with Crippen molar-refractivity contribution in [2.45, 2.75) is 19.6 Å². The Morgan fingerprint density at radius 2 is 1.97 bits per heavy atom. The number of hydrogen-bond acceptors (Lipinski definition) is 4. The Labute approximate surface area is 176 Å². The number of anilines is 1. The van der Waals surface area contributed by atoms with Gasteiger partial charge in [0.15, 0.2) is 5.69 Å². The van der Waals surface area contributed by atoms with Gasteiger partial charge in [0, 0.05) is 23.8 Å². The molecule has 0 saturated carbocycles. The average molecular weight is 429 g/mol. The molecule has 154 valence electrons. The van der Waals surface area contributed by atoms with Gasteiger partial charge in [-0.2, -0.15) is 0 Å². The summed E-state index contributed by atoms with van der Waals surface area (Å²) in [5.74, 6) is -0.606. The van der Waals surface area contributed by atoms with Crippen molar-refractivity contribution in [1.29, 1.82) is 0 Å². The van der Waals surface area contributed by atoms with E-state index in [1.807, 2.05) is 0 Å². The molecule has 1 aliphatic rings. The molecule has 10 heteroatoms. The van der Waals surface area contributed by atoms with Crippen molar-refractivity contribution in [3.05, 3.63) is 76.3 Å². The molecule has 30 heavy (non-hydrogen) atoms. The Balaban J connectivity index is 1.41. The van der Waals surface area contributed by atoms with Crippen LogP contribution in [-0.4, -0.2) is 38.4 Å². The molecule has 1 aromatic heterocycles. The summed E-state index contributed by atoms with van der Waals surface area (Å²) in [5.41, 5.74) is 1.98. The molecule has 0 spiro atoms. The fraction of sp³-hybridized carbons (Fsp3) is 0.200. The van der Waals surface area contributed by atoms with Crippen LogP contribution in [0.3, 0.4) is 0 Å². The fourth-order valence-electron chi connectivity index (χ4n) is 3.20. The van der Waals surface area contributed by atoms with Crippen LogP contribution in [0.15, 0.2) is 48.5 Å². The molecule has 0 aliphatic carbocycles. The quantitative estimate of drug-likeness (QED) is 0.653. The van der Waals surface area contributed by atoms with Gasteiger partial charge in [-0.1, -0.05) is 28.9 Å². The number of fused-ring (bicyclic) bond motifs is 1. The van der Waals surface area contributed by atoms with Crippen molar-refractivity contribution >= 4 is 29.2 Å². The number of amides is 3. The van der Waals surface area contributed by atoms with E-state index in [1.165, 1.54) is 16.8 Å². The monoisotopic (exact) mass is 428 g/mol. The van der Waals surface area contributed by atoms with Gasteiger partial charge in [-0.05, 0) is 42.0 Å². The van der Waals surface area contributed by atoms with Gasteiger partial charge in [-0.15, -0.1) is 5.10 Å². The lowest BCUT2D eigenvalue weighted by atomic mass is 10.1. The van der Waals surface area contributed by atoms with Crippen LogP contribution < -0.4 is 10.6 Å². The summed E-state index contributed by atoms with van der Waals surface area (Å²) in [6.45, 7) is 1.23. The Bertz CT molecular complexity index is 1090. The number of nitrogens with zero attached hydrogens (tertiary/aromatic N) is 4. The SMILES string of the molecule is O=C(NCc1nnn2c1C(=O)N(Cc1cccc(F)c1)CC2)Nc1ccc(Cl)cc1. The largest absolute Gasteiger partial charge is 0.332 e. The first kappa shape index (κ1) is 19.8. The van der Waals surface area contributed by atoms with Gasteiger partial charge < -0.3 is 15.5 Å². The van der Waals surface area contributed by atoms with Crippen LogP contribution in [0.1, 0.15) is 21.7 Å². The third kappa shape index (κ3) is 4.41. The Morgan fingerprint density at radius 3 is 2.73 bits per heavy atom. The van der Waals surface area contributed by atoms with E-state index in [-0.39, 0.29) is 24.8 Å². The topological polar surface area (TPSA) is 92.1 Å². The first-order valence-electron chi connectivity index (χ1n) is 9.26. The van der Waals surface area contributed by atoms with Crippen LogP contribution in [0, 0.1) is 5.82 Å². The maximum Gasteiger partial charge on any atom is 0.319 e. The van der Waals surface area contributed by atoms with Crippen molar-refractivity contribution in [3.8, 4) is 0 Å². The molecule has 0 unspecified atom stereocenters. The molecule has 0 saturated heterocycles. The highest BCUT2D eigenvalue weighted by Crippen LogP contribution is 2.18. The lowest BCUT2D eigenvalue weighted by molar-refractivity contribution is 0.0681. The lowest BCUT2D eigenvalue weighted by Crippen LogP contribution is -2.40. The van der Waals surface area contributed by atoms with Crippen molar-refractivity contribution in [2.75, 3.05) is 11.9 Å². The highest BCUT2D eigenvalue weighted by Gasteiger charge is 2.29. The number of aromatic nitrogens is 3. The predicted molar refractivity (Wildman–Crippen MR) is 108 cm³/mol. The summed E-state index contributed by atoms with van der Waals surface area (Å²) in [6.07, 6.45) is 0. The Kier molecular flexibility index (Phi) is 5.62. The predicted octanol–water partition coefficient (Wildman–Crippen LogP) is 3.05. The molecule has 3 aromatic rings. The van der Waals surface area contributed by atoms with Gasteiger partial charge in [-0.3, -0.25) is 4.79 Å². The maximum absolute atomic E-state index is 13.4. The molecule has 2 heterocycles. The number of halogens is 2. The molecule has 1 aliphatic heterocycles. The molecule has 2 N–H and O–H groups in total. The van der Waals surface area contributed by atoms with E-state index in [0.29, 0.717) is 40.8 Å². The zero-order valence-corrected chi connectivity index (χ0v) is 16.6. The second-order valence-electron chi connectivity index (χ2n) is 6.78. The van der Waals surface area contributed by atoms with Gasteiger partial charge in [-0.25, -0.2) is 13.9 Å². The fourth-order valence-corrected chi connectivity index (χ4v) is 3.33. The number of carbonyl (C=O) groups excluding carboxylic acids is 2. The van der Waals surface area contributed by atoms with Gasteiger partial charge in [0.05, 0.1) is 13.1 Å². The number of benzene rings is 2. The molecule has 0 fully saturated rings.